The van der Waals surface area contributed by atoms with Crippen molar-refractivity contribution in [1.82, 2.24) is 0 Å². The Labute approximate surface area is 77.4 Å². The van der Waals surface area contributed by atoms with Crippen LogP contribution in [0.4, 0.5) is 0 Å². The second-order valence-corrected chi connectivity index (χ2v) is 4.69. The molecule has 0 saturated heterocycles. The highest BCUT2D eigenvalue weighted by Crippen LogP contribution is 1.99. The van der Waals surface area contributed by atoms with E-state index in [2.05, 4.69) is 20.4 Å². The van der Waals surface area contributed by atoms with E-state index in [9.17, 15) is 0 Å². The Kier molecular flexibility index (Phi) is 8.88. The number of allylic oxidation sites excluding steroid dienone is 1. The van der Waals surface area contributed by atoms with Gasteiger partial charge in [0.15, 0.2) is 0 Å². The quantitative estimate of drug-likeness (QED) is 0.429. The first-order chi connectivity index (χ1) is 5.85. The molecule has 0 spiro atoms. The molecule has 3 heteroatoms. The van der Waals surface area contributed by atoms with Crippen LogP contribution in [-0.2, 0) is 8.85 Å². The largest absolute Gasteiger partial charge is 0.396 e. The van der Waals surface area contributed by atoms with Gasteiger partial charge in [0.05, 0.1) is 0 Å². The van der Waals surface area contributed by atoms with Crippen LogP contribution in [0.2, 0.25) is 6.04 Å². The van der Waals surface area contributed by atoms with E-state index >= 15 is 0 Å². The van der Waals surface area contributed by atoms with Crippen LogP contribution in [-0.4, -0.2) is 22.5 Å². The van der Waals surface area contributed by atoms with Crippen LogP contribution >= 0.6 is 0 Å². The van der Waals surface area contributed by atoms with Crippen LogP contribution in [0.3, 0.4) is 0 Å². The summed E-state index contributed by atoms with van der Waals surface area (Å²) >= 11 is 0. The van der Waals surface area contributed by atoms with E-state index in [0.29, 0.717) is 0 Å². The van der Waals surface area contributed by atoms with Crippen molar-refractivity contribution in [2.45, 2.75) is 32.7 Å². The average Bonchev–Trinajstić information content (AvgIpc) is 2.10. The fraction of sp³-hybridized carbons (Fsp3) is 0.778. The Morgan fingerprint density at radius 3 is 2.00 bits per heavy atom. The lowest BCUT2D eigenvalue weighted by molar-refractivity contribution is 0.199. The predicted octanol–water partition coefficient (Wildman–Crippen LogP) is 2.25. The molecule has 0 aliphatic carbocycles. The smallest absolute Gasteiger partial charge is 0.325 e. The molecule has 2 nitrogen and oxygen atoms in total. The van der Waals surface area contributed by atoms with Crippen LogP contribution in [0.1, 0.15) is 26.7 Å². The van der Waals surface area contributed by atoms with Gasteiger partial charge in [0, 0.05) is 19.3 Å². The van der Waals surface area contributed by atoms with Gasteiger partial charge in [-0.15, -0.1) is 6.58 Å². The van der Waals surface area contributed by atoms with Gasteiger partial charge in [-0.25, -0.2) is 0 Å². The maximum Gasteiger partial charge on any atom is 0.325 e. The van der Waals surface area contributed by atoms with Gasteiger partial charge in [-0.3, -0.25) is 0 Å². The number of rotatable bonds is 8. The standard InChI is InChI=1S/C9H20O2Si/c1-4-7-10-12(9-6-3)11-8-5-2/h6,12H,3-5,7-9H2,1-2H3. The van der Waals surface area contributed by atoms with Gasteiger partial charge < -0.3 is 8.85 Å². The van der Waals surface area contributed by atoms with E-state index in [4.69, 9.17) is 8.85 Å². The fourth-order valence-corrected chi connectivity index (χ4v) is 2.46. The normalized spacial score (nSPS) is 10.6. The van der Waals surface area contributed by atoms with Crippen LogP contribution in [0.15, 0.2) is 12.7 Å². The molecule has 0 aromatic rings. The third-order valence-electron chi connectivity index (χ3n) is 1.37. The maximum atomic E-state index is 5.58. The summed E-state index contributed by atoms with van der Waals surface area (Å²) in [5.41, 5.74) is 0. The zero-order chi connectivity index (χ0) is 9.23. The summed E-state index contributed by atoms with van der Waals surface area (Å²) in [4.78, 5) is 0. The third-order valence-corrected chi connectivity index (χ3v) is 3.31. The molecule has 0 unspecified atom stereocenters. The molecule has 0 rings (SSSR count). The summed E-state index contributed by atoms with van der Waals surface area (Å²) in [5, 5.41) is 0. The second-order valence-electron chi connectivity index (χ2n) is 2.70. The van der Waals surface area contributed by atoms with Gasteiger partial charge in [-0.1, -0.05) is 19.9 Å². The van der Waals surface area contributed by atoms with Gasteiger partial charge in [-0.2, -0.15) is 0 Å². The van der Waals surface area contributed by atoms with Crippen LogP contribution in [0, 0.1) is 0 Å². The van der Waals surface area contributed by atoms with Gasteiger partial charge >= 0.3 is 9.28 Å². The summed E-state index contributed by atoms with van der Waals surface area (Å²) in [7, 11) is -1.39. The number of hydrogen-bond acceptors (Lipinski definition) is 2. The van der Waals surface area contributed by atoms with Crippen molar-refractivity contribution in [3.8, 4) is 0 Å². The summed E-state index contributed by atoms with van der Waals surface area (Å²) in [5.74, 6) is 0. The van der Waals surface area contributed by atoms with Crippen molar-refractivity contribution in [3.63, 3.8) is 0 Å². The lowest BCUT2D eigenvalue weighted by Crippen LogP contribution is -2.22. The first-order valence-corrected chi connectivity index (χ1v) is 6.45. The second kappa shape index (κ2) is 8.97. The van der Waals surface area contributed by atoms with Gasteiger partial charge in [0.1, 0.15) is 0 Å². The molecule has 0 atom stereocenters. The van der Waals surface area contributed by atoms with E-state index in [1.165, 1.54) is 0 Å². The molecule has 0 N–H and O–H groups in total. The van der Waals surface area contributed by atoms with Crippen LogP contribution < -0.4 is 0 Å². The molecule has 0 aromatic carbocycles. The maximum absolute atomic E-state index is 5.58. The molecule has 0 fully saturated rings. The third kappa shape index (κ3) is 6.58. The first-order valence-electron chi connectivity index (χ1n) is 4.69. The molecule has 0 aliphatic rings. The Balaban J connectivity index is 3.46. The van der Waals surface area contributed by atoms with Gasteiger partial charge in [-0.05, 0) is 12.8 Å². The van der Waals surface area contributed by atoms with Crippen molar-refractivity contribution in [2.75, 3.05) is 13.2 Å². The highest BCUT2D eigenvalue weighted by molar-refractivity contribution is 6.44. The zero-order valence-corrected chi connectivity index (χ0v) is 9.37. The van der Waals surface area contributed by atoms with Gasteiger partial charge in [0.25, 0.3) is 0 Å². The predicted molar refractivity (Wildman–Crippen MR) is 54.6 cm³/mol. The summed E-state index contributed by atoms with van der Waals surface area (Å²) < 4.78 is 11.2. The fourth-order valence-electron chi connectivity index (χ4n) is 0.819. The van der Waals surface area contributed by atoms with Crippen molar-refractivity contribution in [3.05, 3.63) is 12.7 Å². The van der Waals surface area contributed by atoms with Crippen molar-refractivity contribution < 1.29 is 8.85 Å². The minimum absolute atomic E-state index is 0.828. The van der Waals surface area contributed by atoms with E-state index < -0.39 is 9.28 Å². The van der Waals surface area contributed by atoms with E-state index in [-0.39, 0.29) is 0 Å². The molecular formula is C9H20O2Si. The molecule has 0 bridgehead atoms. The Morgan fingerprint density at radius 2 is 1.67 bits per heavy atom. The minimum atomic E-state index is -1.39. The zero-order valence-electron chi connectivity index (χ0n) is 8.21. The summed E-state index contributed by atoms with van der Waals surface area (Å²) in [6.07, 6.45) is 4.02. The van der Waals surface area contributed by atoms with Crippen LogP contribution in [0.5, 0.6) is 0 Å². The molecule has 0 aromatic heterocycles. The minimum Gasteiger partial charge on any atom is -0.396 e. The molecule has 0 heterocycles. The molecule has 0 saturated carbocycles. The lowest BCUT2D eigenvalue weighted by atomic mass is 10.5. The topological polar surface area (TPSA) is 18.5 Å². The molecule has 0 amide bonds. The monoisotopic (exact) mass is 188 g/mol. The van der Waals surface area contributed by atoms with Gasteiger partial charge in [0.2, 0.25) is 0 Å². The summed E-state index contributed by atoms with van der Waals surface area (Å²) in [6.45, 7) is 9.57. The first kappa shape index (κ1) is 11.9. The number of hydrogen-bond donors (Lipinski definition) is 0. The average molecular weight is 188 g/mol. The van der Waals surface area contributed by atoms with E-state index in [1.54, 1.807) is 0 Å². The molecule has 0 aliphatic heterocycles. The highest BCUT2D eigenvalue weighted by atomic mass is 28.3. The Hall–Kier alpha value is -0.123. The highest BCUT2D eigenvalue weighted by Gasteiger charge is 2.09. The molecular weight excluding hydrogens is 168 g/mol. The molecule has 72 valence electrons. The summed E-state index contributed by atoms with van der Waals surface area (Å²) in [6, 6.07) is 0.917. The molecule has 12 heavy (non-hydrogen) atoms. The van der Waals surface area contributed by atoms with E-state index in [1.807, 2.05) is 6.08 Å². The Morgan fingerprint density at radius 1 is 1.17 bits per heavy atom. The van der Waals surface area contributed by atoms with Crippen molar-refractivity contribution in [2.24, 2.45) is 0 Å². The van der Waals surface area contributed by atoms with Crippen molar-refractivity contribution >= 4 is 9.28 Å². The Bertz CT molecular complexity index is 98.7. The van der Waals surface area contributed by atoms with Crippen LogP contribution in [0.25, 0.3) is 0 Å². The lowest BCUT2D eigenvalue weighted by Gasteiger charge is -2.13. The SMILES string of the molecule is C=CC[SiH](OCCC)OCCC. The van der Waals surface area contributed by atoms with E-state index in [0.717, 1.165) is 32.1 Å². The molecule has 0 radical (unpaired) electrons. The van der Waals surface area contributed by atoms with Crippen molar-refractivity contribution in [1.29, 1.82) is 0 Å².